The molecule has 0 aliphatic carbocycles. The van der Waals surface area contributed by atoms with Gasteiger partial charge in [0.25, 0.3) is 0 Å². The molecule has 0 fully saturated rings. The van der Waals surface area contributed by atoms with Crippen LogP contribution in [0.2, 0.25) is 0 Å². The van der Waals surface area contributed by atoms with Crippen LogP contribution in [0, 0.1) is 6.92 Å². The van der Waals surface area contributed by atoms with Crippen molar-refractivity contribution in [1.82, 2.24) is 0 Å². The Morgan fingerprint density at radius 2 is 1.71 bits per heavy atom. The molecule has 0 spiro atoms. The average molecular weight is 106 g/mol. The smallest absolute Gasteiger partial charge is 0.159 e. The zero-order chi connectivity index (χ0) is 5.21. The molecule has 3 nitrogen and oxygen atoms in total. The summed E-state index contributed by atoms with van der Waals surface area (Å²) < 4.78 is 0. The van der Waals surface area contributed by atoms with Crippen LogP contribution < -0.4 is 0 Å². The highest BCUT2D eigenvalue weighted by atomic mass is 16.5. The largest absolute Gasteiger partial charge is 0.366 e. The van der Waals surface area contributed by atoms with E-state index in [1.165, 1.54) is 6.92 Å². The number of hydrogen-bond donors (Lipinski definition) is 3. The first kappa shape index (κ1) is 9.99. The van der Waals surface area contributed by atoms with E-state index >= 15 is 0 Å². The summed E-state index contributed by atoms with van der Waals surface area (Å²) in [6, 6.07) is 0. The van der Waals surface area contributed by atoms with Gasteiger partial charge in [-0.25, -0.2) is 0 Å². The third-order valence-electron chi connectivity index (χ3n) is 0.474. The molecule has 0 aromatic carbocycles. The fourth-order valence-corrected chi connectivity index (χ4v) is 0. The van der Waals surface area contributed by atoms with E-state index in [9.17, 15) is 0 Å². The highest BCUT2D eigenvalue weighted by Crippen LogP contribution is 1.98. The Bertz CT molecular complexity index is 36.7. The van der Waals surface area contributed by atoms with Crippen LogP contribution in [0.25, 0.3) is 0 Å². The Kier molecular flexibility index (Phi) is 4.22. The lowest BCUT2D eigenvalue weighted by Gasteiger charge is -2.10. The van der Waals surface area contributed by atoms with Gasteiger partial charge in [-0.1, -0.05) is 0 Å². The Morgan fingerprint density at radius 3 is 1.71 bits per heavy atom. The molecule has 0 aliphatic heterocycles. The van der Waals surface area contributed by atoms with Gasteiger partial charge in [0, 0.05) is 6.42 Å². The molecule has 0 amide bonds. The van der Waals surface area contributed by atoms with Crippen LogP contribution >= 0.6 is 0 Å². The van der Waals surface area contributed by atoms with Crippen molar-refractivity contribution in [3.8, 4) is 0 Å². The van der Waals surface area contributed by atoms with Crippen molar-refractivity contribution in [2.24, 2.45) is 0 Å². The molecule has 3 N–H and O–H groups in total. The SMILES string of the molecule is [CH2]CC(C)(O)O.[OH]. The summed E-state index contributed by atoms with van der Waals surface area (Å²) in [5, 5.41) is 16.6. The van der Waals surface area contributed by atoms with Gasteiger partial charge in [0.1, 0.15) is 0 Å². The van der Waals surface area contributed by atoms with Gasteiger partial charge < -0.3 is 10.2 Å². The molecule has 0 aromatic rings. The lowest BCUT2D eigenvalue weighted by atomic mass is 10.3. The first-order valence-electron chi connectivity index (χ1n) is 1.80. The summed E-state index contributed by atoms with van der Waals surface area (Å²) in [7, 11) is 0. The van der Waals surface area contributed by atoms with E-state index in [2.05, 4.69) is 6.92 Å². The first-order valence-corrected chi connectivity index (χ1v) is 1.80. The van der Waals surface area contributed by atoms with Gasteiger partial charge in [-0.3, -0.25) is 5.48 Å². The molecule has 7 heavy (non-hydrogen) atoms. The molecule has 0 saturated heterocycles. The van der Waals surface area contributed by atoms with E-state index in [0.29, 0.717) is 0 Å². The van der Waals surface area contributed by atoms with E-state index in [-0.39, 0.29) is 11.9 Å². The number of aliphatic hydroxyl groups is 2. The van der Waals surface area contributed by atoms with Crippen LogP contribution in [-0.4, -0.2) is 21.5 Å². The van der Waals surface area contributed by atoms with Gasteiger partial charge in [-0.2, -0.15) is 0 Å². The standard InChI is InChI=1S/C4H9O2.HO/c1-3-4(2,5)6;/h5-6H,1,3H2,2H3;1H. The van der Waals surface area contributed by atoms with Gasteiger partial charge in [-0.05, 0) is 13.8 Å². The monoisotopic (exact) mass is 106 g/mol. The van der Waals surface area contributed by atoms with E-state index in [4.69, 9.17) is 10.2 Å². The van der Waals surface area contributed by atoms with Crippen LogP contribution in [0.5, 0.6) is 0 Å². The van der Waals surface area contributed by atoms with Gasteiger partial charge in [0.2, 0.25) is 0 Å². The summed E-state index contributed by atoms with van der Waals surface area (Å²) in [5.74, 6) is -1.57. The lowest BCUT2D eigenvalue weighted by molar-refractivity contribution is -0.141. The minimum Gasteiger partial charge on any atom is -0.366 e. The van der Waals surface area contributed by atoms with Crippen molar-refractivity contribution < 1.29 is 15.7 Å². The van der Waals surface area contributed by atoms with E-state index in [1.54, 1.807) is 0 Å². The van der Waals surface area contributed by atoms with Crippen molar-refractivity contribution in [2.75, 3.05) is 0 Å². The Balaban J connectivity index is 0. The summed E-state index contributed by atoms with van der Waals surface area (Å²) in [4.78, 5) is 0. The van der Waals surface area contributed by atoms with Crippen LogP contribution in [0.3, 0.4) is 0 Å². The molecule has 2 radical (unpaired) electrons. The summed E-state index contributed by atoms with van der Waals surface area (Å²) >= 11 is 0. The van der Waals surface area contributed by atoms with Gasteiger partial charge in [-0.15, -0.1) is 0 Å². The average Bonchev–Trinajstić information content (AvgIpc) is 1.35. The van der Waals surface area contributed by atoms with Gasteiger partial charge >= 0.3 is 0 Å². The number of hydrogen-bond acceptors (Lipinski definition) is 2. The fourth-order valence-electron chi connectivity index (χ4n) is 0. The van der Waals surface area contributed by atoms with Crippen molar-refractivity contribution in [3.05, 3.63) is 6.92 Å². The maximum atomic E-state index is 8.32. The second-order valence-electron chi connectivity index (χ2n) is 1.47. The Labute approximate surface area is 42.9 Å². The number of rotatable bonds is 1. The fraction of sp³-hybridized carbons (Fsp3) is 0.750. The molecule has 0 aromatic heterocycles. The molecular formula is C4H10O3. The van der Waals surface area contributed by atoms with Crippen molar-refractivity contribution in [1.29, 1.82) is 0 Å². The van der Waals surface area contributed by atoms with E-state index < -0.39 is 5.79 Å². The lowest BCUT2D eigenvalue weighted by Crippen LogP contribution is -2.20. The van der Waals surface area contributed by atoms with Crippen LogP contribution in [0.15, 0.2) is 0 Å². The van der Waals surface area contributed by atoms with E-state index in [0.717, 1.165) is 0 Å². The Morgan fingerprint density at radius 1 is 1.57 bits per heavy atom. The van der Waals surface area contributed by atoms with Crippen LogP contribution in [0.4, 0.5) is 0 Å². The summed E-state index contributed by atoms with van der Waals surface area (Å²) in [6.07, 6.45) is 0.132. The van der Waals surface area contributed by atoms with Crippen LogP contribution in [-0.2, 0) is 0 Å². The van der Waals surface area contributed by atoms with Crippen molar-refractivity contribution in [3.63, 3.8) is 0 Å². The molecule has 3 heteroatoms. The molecule has 0 heterocycles. The van der Waals surface area contributed by atoms with Crippen molar-refractivity contribution in [2.45, 2.75) is 19.1 Å². The first-order chi connectivity index (χ1) is 2.56. The molecule has 0 bridgehead atoms. The Hall–Kier alpha value is -0.120. The predicted octanol–water partition coefficient (Wildman–Crippen LogP) is -0.265. The topological polar surface area (TPSA) is 70.5 Å². The molecule has 0 aliphatic rings. The summed E-state index contributed by atoms with van der Waals surface area (Å²) in [5.41, 5.74) is 0. The molecule has 0 atom stereocenters. The predicted molar refractivity (Wildman–Crippen MR) is 24.8 cm³/mol. The third kappa shape index (κ3) is 10.7. The maximum Gasteiger partial charge on any atom is 0.159 e. The van der Waals surface area contributed by atoms with E-state index in [1.807, 2.05) is 0 Å². The highest BCUT2D eigenvalue weighted by molar-refractivity contribution is 4.55. The second kappa shape index (κ2) is 2.96. The molecule has 44 valence electrons. The normalized spacial score (nSPS) is 10.3. The van der Waals surface area contributed by atoms with Gasteiger partial charge in [0.15, 0.2) is 5.79 Å². The van der Waals surface area contributed by atoms with Crippen molar-refractivity contribution >= 4 is 0 Å². The molecule has 0 unspecified atom stereocenters. The zero-order valence-corrected chi connectivity index (χ0v) is 4.26. The quantitative estimate of drug-likeness (QED) is 0.403. The molecule has 0 rings (SSSR count). The van der Waals surface area contributed by atoms with Crippen LogP contribution in [0.1, 0.15) is 13.3 Å². The van der Waals surface area contributed by atoms with Gasteiger partial charge in [0.05, 0.1) is 0 Å². The molecular weight excluding hydrogens is 96.0 g/mol. The zero-order valence-electron chi connectivity index (χ0n) is 4.26. The maximum absolute atomic E-state index is 8.32. The molecule has 0 saturated carbocycles. The highest BCUT2D eigenvalue weighted by Gasteiger charge is 2.08. The minimum absolute atomic E-state index is 0. The second-order valence-corrected chi connectivity index (χ2v) is 1.47. The third-order valence-corrected chi connectivity index (χ3v) is 0.474. The summed E-state index contributed by atoms with van der Waals surface area (Å²) in [6.45, 7) is 4.55. The minimum atomic E-state index is -1.57.